The van der Waals surface area contributed by atoms with Crippen molar-refractivity contribution in [2.24, 2.45) is 11.3 Å². The maximum absolute atomic E-state index is 12.5. The van der Waals surface area contributed by atoms with Crippen molar-refractivity contribution in [3.05, 3.63) is 34.3 Å². The Morgan fingerprint density at radius 1 is 1.28 bits per heavy atom. The summed E-state index contributed by atoms with van der Waals surface area (Å²) >= 11 is 3.32. The molecule has 1 aliphatic carbocycles. The number of hydrogen-bond donors (Lipinski definition) is 0. The summed E-state index contributed by atoms with van der Waals surface area (Å²) in [4.78, 5) is 11.4. The van der Waals surface area contributed by atoms with E-state index in [1.807, 2.05) is 0 Å². The zero-order valence-corrected chi connectivity index (χ0v) is 11.5. The number of hydrogen-bond acceptors (Lipinski definition) is 1. The predicted octanol–water partition coefficient (Wildman–Crippen LogP) is 4.32. The molecule has 5 heteroatoms. The van der Waals surface area contributed by atoms with Crippen LogP contribution in [0, 0.1) is 11.3 Å². The lowest BCUT2D eigenvalue weighted by Crippen LogP contribution is -2.26. The van der Waals surface area contributed by atoms with Crippen LogP contribution in [-0.2, 0) is 4.79 Å². The van der Waals surface area contributed by atoms with Crippen molar-refractivity contribution >= 4 is 21.7 Å². The second-order valence-electron chi connectivity index (χ2n) is 5.16. The predicted molar refractivity (Wildman–Crippen MR) is 65.2 cm³/mol. The van der Waals surface area contributed by atoms with E-state index >= 15 is 0 Å². The molecular formula is C13H12BrF3O. The molecule has 1 aromatic rings. The number of ketones is 1. The van der Waals surface area contributed by atoms with Crippen LogP contribution in [0.15, 0.2) is 28.7 Å². The van der Waals surface area contributed by atoms with Gasteiger partial charge in [0.2, 0.25) is 5.78 Å². The third kappa shape index (κ3) is 2.09. The first-order valence-corrected chi connectivity index (χ1v) is 6.32. The normalized spacial score (nSPS) is 25.9. The lowest BCUT2D eigenvalue weighted by Gasteiger charge is -2.05. The molecule has 0 aliphatic heterocycles. The van der Waals surface area contributed by atoms with Crippen LogP contribution in [0.3, 0.4) is 0 Å². The molecule has 0 N–H and O–H groups in total. The maximum atomic E-state index is 12.5. The van der Waals surface area contributed by atoms with Gasteiger partial charge in [-0.05, 0) is 17.0 Å². The Morgan fingerprint density at radius 3 is 2.33 bits per heavy atom. The molecule has 1 fully saturated rings. The fraction of sp³-hybridized carbons (Fsp3) is 0.462. The van der Waals surface area contributed by atoms with E-state index in [0.717, 1.165) is 10.0 Å². The second-order valence-corrected chi connectivity index (χ2v) is 6.01. The number of alkyl halides is 3. The van der Waals surface area contributed by atoms with Gasteiger partial charge in [-0.15, -0.1) is 0 Å². The molecule has 0 spiro atoms. The van der Waals surface area contributed by atoms with E-state index in [2.05, 4.69) is 15.9 Å². The van der Waals surface area contributed by atoms with Crippen LogP contribution < -0.4 is 0 Å². The summed E-state index contributed by atoms with van der Waals surface area (Å²) in [5.41, 5.74) is 0.126. The molecule has 2 unspecified atom stereocenters. The van der Waals surface area contributed by atoms with E-state index in [-0.39, 0.29) is 5.92 Å². The molecule has 98 valence electrons. The minimum Gasteiger partial charge on any atom is -0.289 e. The van der Waals surface area contributed by atoms with Gasteiger partial charge in [0, 0.05) is 16.3 Å². The van der Waals surface area contributed by atoms with Crippen LogP contribution in [-0.4, -0.2) is 12.0 Å². The van der Waals surface area contributed by atoms with Gasteiger partial charge in [0.25, 0.3) is 0 Å². The average molecular weight is 321 g/mol. The standard InChI is InChI=1S/C13H12BrF3O/c1-12(2)9(7-5-3-4-6-8(7)14)10(12)11(18)13(15,16)17/h3-6,9-10H,1-2H3. The van der Waals surface area contributed by atoms with Crippen LogP contribution in [0.5, 0.6) is 0 Å². The minimum absolute atomic E-state index is 0.373. The molecule has 1 aliphatic rings. The van der Waals surface area contributed by atoms with E-state index in [0.29, 0.717) is 0 Å². The summed E-state index contributed by atoms with van der Waals surface area (Å²) in [6, 6.07) is 7.10. The molecule has 2 atom stereocenters. The Bertz CT molecular complexity index is 493. The number of carbonyl (C=O) groups is 1. The lowest BCUT2D eigenvalue weighted by atomic mass is 10.0. The number of benzene rings is 1. The van der Waals surface area contributed by atoms with Crippen LogP contribution >= 0.6 is 15.9 Å². The van der Waals surface area contributed by atoms with Crippen LogP contribution in [0.4, 0.5) is 13.2 Å². The zero-order valence-electron chi connectivity index (χ0n) is 9.88. The van der Waals surface area contributed by atoms with Crippen molar-refractivity contribution in [1.29, 1.82) is 0 Å². The number of carbonyl (C=O) groups excluding carboxylic acids is 1. The molecule has 18 heavy (non-hydrogen) atoms. The zero-order chi connectivity index (χ0) is 13.7. The Kier molecular flexibility index (Phi) is 3.08. The first-order chi connectivity index (χ1) is 8.17. The smallest absolute Gasteiger partial charge is 0.289 e. The SMILES string of the molecule is CC1(C)C(C(=O)C(F)(F)F)C1c1ccccc1Br. The van der Waals surface area contributed by atoms with Gasteiger partial charge >= 0.3 is 6.18 Å². The molecule has 1 aromatic carbocycles. The second kappa shape index (κ2) is 4.08. The summed E-state index contributed by atoms with van der Waals surface area (Å²) in [5, 5.41) is 0. The molecule has 0 radical (unpaired) electrons. The fourth-order valence-corrected chi connectivity index (χ4v) is 3.14. The van der Waals surface area contributed by atoms with Crippen molar-refractivity contribution in [1.82, 2.24) is 0 Å². The van der Waals surface area contributed by atoms with E-state index < -0.39 is 23.3 Å². The van der Waals surface area contributed by atoms with Gasteiger partial charge in [0.15, 0.2) is 0 Å². The summed E-state index contributed by atoms with van der Waals surface area (Å²) in [6.07, 6.45) is -4.75. The highest BCUT2D eigenvalue weighted by molar-refractivity contribution is 9.10. The largest absolute Gasteiger partial charge is 0.450 e. The first kappa shape index (κ1) is 13.6. The fourth-order valence-electron chi connectivity index (χ4n) is 2.61. The summed E-state index contributed by atoms with van der Waals surface area (Å²) in [6.45, 7) is 3.40. The average Bonchev–Trinajstić information content (AvgIpc) is 2.79. The third-order valence-electron chi connectivity index (χ3n) is 3.63. The van der Waals surface area contributed by atoms with Crippen molar-refractivity contribution < 1.29 is 18.0 Å². The van der Waals surface area contributed by atoms with E-state index in [4.69, 9.17) is 0 Å². The van der Waals surface area contributed by atoms with Crippen molar-refractivity contribution in [2.45, 2.75) is 25.9 Å². The van der Waals surface area contributed by atoms with Crippen LogP contribution in [0.25, 0.3) is 0 Å². The molecular weight excluding hydrogens is 309 g/mol. The molecule has 0 aromatic heterocycles. The Morgan fingerprint density at radius 2 is 1.83 bits per heavy atom. The van der Waals surface area contributed by atoms with Crippen LogP contribution in [0.2, 0.25) is 0 Å². The van der Waals surface area contributed by atoms with Gasteiger partial charge in [0.05, 0.1) is 0 Å². The van der Waals surface area contributed by atoms with Gasteiger partial charge in [-0.3, -0.25) is 4.79 Å². The Labute approximate surface area is 112 Å². The number of Topliss-reactive ketones (excluding diaryl/α,β-unsaturated/α-hetero) is 1. The van der Waals surface area contributed by atoms with Crippen molar-refractivity contribution in [2.75, 3.05) is 0 Å². The van der Waals surface area contributed by atoms with E-state index in [1.54, 1.807) is 38.1 Å². The third-order valence-corrected chi connectivity index (χ3v) is 4.35. The summed E-state index contributed by atoms with van der Waals surface area (Å²) in [7, 11) is 0. The lowest BCUT2D eigenvalue weighted by molar-refractivity contribution is -0.173. The monoisotopic (exact) mass is 320 g/mol. The highest BCUT2D eigenvalue weighted by atomic mass is 79.9. The first-order valence-electron chi connectivity index (χ1n) is 5.53. The van der Waals surface area contributed by atoms with Gasteiger partial charge in [-0.25, -0.2) is 0 Å². The minimum atomic E-state index is -4.75. The number of rotatable bonds is 2. The quantitative estimate of drug-likeness (QED) is 0.793. The molecule has 0 heterocycles. The van der Waals surface area contributed by atoms with Crippen molar-refractivity contribution in [3.63, 3.8) is 0 Å². The highest BCUT2D eigenvalue weighted by Crippen LogP contribution is 2.66. The molecule has 2 rings (SSSR count). The Hall–Kier alpha value is -0.840. The molecule has 1 saturated carbocycles. The molecule has 0 saturated heterocycles. The summed E-state index contributed by atoms with van der Waals surface area (Å²) in [5.74, 6) is -2.97. The maximum Gasteiger partial charge on any atom is 0.450 e. The Balaban J connectivity index is 2.33. The van der Waals surface area contributed by atoms with E-state index in [1.165, 1.54) is 0 Å². The van der Waals surface area contributed by atoms with E-state index in [9.17, 15) is 18.0 Å². The van der Waals surface area contributed by atoms with Gasteiger partial charge < -0.3 is 0 Å². The highest BCUT2D eigenvalue weighted by Gasteiger charge is 2.67. The number of halogens is 4. The topological polar surface area (TPSA) is 17.1 Å². The molecule has 1 nitrogen and oxygen atoms in total. The molecule has 0 amide bonds. The van der Waals surface area contributed by atoms with Gasteiger partial charge in [0.1, 0.15) is 0 Å². The molecule has 0 bridgehead atoms. The van der Waals surface area contributed by atoms with Crippen LogP contribution in [0.1, 0.15) is 25.3 Å². The summed E-state index contributed by atoms with van der Waals surface area (Å²) < 4.78 is 38.3. The van der Waals surface area contributed by atoms with Crippen molar-refractivity contribution in [3.8, 4) is 0 Å². The van der Waals surface area contributed by atoms with Gasteiger partial charge in [-0.2, -0.15) is 13.2 Å². The van der Waals surface area contributed by atoms with Gasteiger partial charge in [-0.1, -0.05) is 48.0 Å².